The third kappa shape index (κ3) is 4.02. The molecule has 2 aromatic rings. The molecule has 0 aromatic heterocycles. The zero-order chi connectivity index (χ0) is 15.4. The van der Waals surface area contributed by atoms with E-state index in [1.165, 1.54) is 12.1 Å². The first-order valence-corrected chi connectivity index (χ1v) is 7.46. The molecule has 112 valence electrons. The number of para-hydroxylation sites is 1. The molecule has 2 rings (SSSR count). The lowest BCUT2D eigenvalue weighted by molar-refractivity contribution is 0.404. The Balaban J connectivity index is 2.27. The van der Waals surface area contributed by atoms with Crippen molar-refractivity contribution in [3.63, 3.8) is 0 Å². The van der Waals surface area contributed by atoms with Crippen molar-refractivity contribution in [2.24, 2.45) is 5.73 Å². The van der Waals surface area contributed by atoms with Gasteiger partial charge in [-0.1, -0.05) is 19.1 Å². The van der Waals surface area contributed by atoms with Crippen molar-refractivity contribution in [1.29, 1.82) is 0 Å². The monoisotopic (exact) mass is 355 g/mol. The number of halogens is 3. The third-order valence-electron chi connectivity index (χ3n) is 3.13. The second-order valence-electron chi connectivity index (χ2n) is 4.79. The summed E-state index contributed by atoms with van der Waals surface area (Å²) in [6.07, 6.45) is 1.18. The number of hydrogen-bond donors (Lipinski definition) is 1. The Bertz CT molecular complexity index is 610. The second-order valence-corrected chi connectivity index (χ2v) is 5.65. The van der Waals surface area contributed by atoms with Gasteiger partial charge in [0.1, 0.15) is 5.75 Å². The number of benzene rings is 2. The van der Waals surface area contributed by atoms with Gasteiger partial charge in [-0.2, -0.15) is 0 Å². The van der Waals surface area contributed by atoms with E-state index in [1.807, 2.05) is 6.92 Å². The largest absolute Gasteiger partial charge is 0.450 e. The zero-order valence-electron chi connectivity index (χ0n) is 11.6. The topological polar surface area (TPSA) is 35.2 Å². The van der Waals surface area contributed by atoms with Gasteiger partial charge in [0.2, 0.25) is 0 Å². The highest BCUT2D eigenvalue weighted by molar-refractivity contribution is 9.10. The molecule has 1 unspecified atom stereocenters. The fourth-order valence-corrected chi connectivity index (χ4v) is 2.28. The van der Waals surface area contributed by atoms with Gasteiger partial charge in [0.05, 0.1) is 4.47 Å². The molecule has 5 heteroatoms. The minimum atomic E-state index is -0.732. The van der Waals surface area contributed by atoms with Gasteiger partial charge in [0.25, 0.3) is 0 Å². The Morgan fingerprint density at radius 2 is 1.81 bits per heavy atom. The van der Waals surface area contributed by atoms with Crippen molar-refractivity contribution in [3.8, 4) is 11.5 Å². The van der Waals surface area contributed by atoms with Crippen LogP contribution in [0.5, 0.6) is 11.5 Å². The number of ether oxygens (including phenoxy) is 1. The minimum Gasteiger partial charge on any atom is -0.450 e. The van der Waals surface area contributed by atoms with Gasteiger partial charge < -0.3 is 10.5 Å². The van der Waals surface area contributed by atoms with Crippen LogP contribution in [0, 0.1) is 11.6 Å². The van der Waals surface area contributed by atoms with Crippen LogP contribution in [0.4, 0.5) is 8.78 Å². The lowest BCUT2D eigenvalue weighted by Crippen LogP contribution is -2.21. The molecule has 0 heterocycles. The van der Waals surface area contributed by atoms with Gasteiger partial charge in [-0.25, -0.2) is 8.78 Å². The van der Waals surface area contributed by atoms with Crippen molar-refractivity contribution in [2.45, 2.75) is 25.8 Å². The molecule has 0 bridgehead atoms. The van der Waals surface area contributed by atoms with Crippen molar-refractivity contribution >= 4 is 15.9 Å². The Morgan fingerprint density at radius 3 is 2.38 bits per heavy atom. The molecule has 2 nitrogen and oxygen atoms in total. The molecule has 2 N–H and O–H groups in total. The van der Waals surface area contributed by atoms with Gasteiger partial charge in [0, 0.05) is 6.04 Å². The molecule has 0 radical (unpaired) electrons. The molecule has 0 spiro atoms. The summed E-state index contributed by atoms with van der Waals surface area (Å²) in [5, 5.41) is 0. The SMILES string of the molecule is CCC(N)Cc1cc(F)c(Oc2ccccc2Br)c(F)c1. The second kappa shape index (κ2) is 7.00. The van der Waals surface area contributed by atoms with Crippen molar-refractivity contribution < 1.29 is 13.5 Å². The van der Waals surface area contributed by atoms with E-state index in [2.05, 4.69) is 15.9 Å². The maximum Gasteiger partial charge on any atom is 0.198 e. The summed E-state index contributed by atoms with van der Waals surface area (Å²) in [7, 11) is 0. The van der Waals surface area contributed by atoms with E-state index in [1.54, 1.807) is 24.3 Å². The first kappa shape index (κ1) is 15.9. The Kier molecular flexibility index (Phi) is 5.31. The molecule has 21 heavy (non-hydrogen) atoms. The standard InChI is InChI=1S/C16H16BrF2NO/c1-2-11(20)7-10-8-13(18)16(14(19)9-10)21-15-6-4-3-5-12(15)17/h3-6,8-9,11H,2,7,20H2,1H3. The summed E-state index contributed by atoms with van der Waals surface area (Å²) in [5.74, 6) is -1.52. The molecule has 0 saturated heterocycles. The van der Waals surface area contributed by atoms with Gasteiger partial charge in [-0.15, -0.1) is 0 Å². The van der Waals surface area contributed by atoms with Crippen molar-refractivity contribution in [1.82, 2.24) is 0 Å². The lowest BCUT2D eigenvalue weighted by atomic mass is 10.0. The van der Waals surface area contributed by atoms with Crippen LogP contribution in [-0.4, -0.2) is 6.04 Å². The molecular formula is C16H16BrF2NO. The summed E-state index contributed by atoms with van der Waals surface area (Å²) in [6, 6.07) is 9.31. The molecule has 0 aliphatic rings. The average Bonchev–Trinajstić information content (AvgIpc) is 2.44. The van der Waals surface area contributed by atoms with Crippen LogP contribution in [0.2, 0.25) is 0 Å². The van der Waals surface area contributed by atoms with Gasteiger partial charge in [-0.3, -0.25) is 0 Å². The maximum atomic E-state index is 14.1. The van der Waals surface area contributed by atoms with Crippen LogP contribution in [-0.2, 0) is 6.42 Å². The average molecular weight is 356 g/mol. The molecular weight excluding hydrogens is 340 g/mol. The summed E-state index contributed by atoms with van der Waals surface area (Å²) >= 11 is 3.27. The van der Waals surface area contributed by atoms with Crippen LogP contribution >= 0.6 is 15.9 Å². The summed E-state index contributed by atoms with van der Waals surface area (Å²) in [5.41, 5.74) is 6.33. The zero-order valence-corrected chi connectivity index (χ0v) is 13.2. The highest BCUT2D eigenvalue weighted by Crippen LogP contribution is 2.33. The van der Waals surface area contributed by atoms with Crippen molar-refractivity contribution in [3.05, 3.63) is 58.1 Å². The van der Waals surface area contributed by atoms with Crippen LogP contribution in [0.15, 0.2) is 40.9 Å². The van der Waals surface area contributed by atoms with E-state index >= 15 is 0 Å². The van der Waals surface area contributed by atoms with Gasteiger partial charge in [0.15, 0.2) is 17.4 Å². The quantitative estimate of drug-likeness (QED) is 0.835. The molecule has 0 aliphatic heterocycles. The first-order valence-electron chi connectivity index (χ1n) is 6.67. The van der Waals surface area contributed by atoms with Crippen LogP contribution < -0.4 is 10.5 Å². The fraction of sp³-hybridized carbons (Fsp3) is 0.250. The van der Waals surface area contributed by atoms with Crippen LogP contribution in [0.1, 0.15) is 18.9 Å². The van der Waals surface area contributed by atoms with E-state index in [9.17, 15) is 8.78 Å². The van der Waals surface area contributed by atoms with Crippen LogP contribution in [0.25, 0.3) is 0 Å². The molecule has 1 atom stereocenters. The highest BCUT2D eigenvalue weighted by atomic mass is 79.9. The van der Waals surface area contributed by atoms with Gasteiger partial charge >= 0.3 is 0 Å². The Morgan fingerprint density at radius 1 is 1.19 bits per heavy atom. The molecule has 2 aromatic carbocycles. The smallest absolute Gasteiger partial charge is 0.198 e. The predicted molar refractivity (Wildman–Crippen MR) is 82.5 cm³/mol. The number of hydrogen-bond acceptors (Lipinski definition) is 2. The van der Waals surface area contributed by atoms with E-state index in [-0.39, 0.29) is 6.04 Å². The Hall–Kier alpha value is -1.46. The molecule has 0 amide bonds. The summed E-state index contributed by atoms with van der Waals surface area (Å²) < 4.78 is 34.1. The van der Waals surface area contributed by atoms with E-state index in [4.69, 9.17) is 10.5 Å². The van der Waals surface area contributed by atoms with Crippen LogP contribution in [0.3, 0.4) is 0 Å². The van der Waals surface area contributed by atoms with E-state index in [0.717, 1.165) is 6.42 Å². The maximum absolute atomic E-state index is 14.1. The molecule has 0 saturated carbocycles. The third-order valence-corrected chi connectivity index (χ3v) is 3.78. The summed E-state index contributed by atoms with van der Waals surface area (Å²) in [6.45, 7) is 1.93. The summed E-state index contributed by atoms with van der Waals surface area (Å²) in [4.78, 5) is 0. The molecule has 0 fully saturated rings. The number of nitrogens with two attached hydrogens (primary N) is 1. The van der Waals surface area contributed by atoms with E-state index in [0.29, 0.717) is 22.2 Å². The first-order chi connectivity index (χ1) is 10.0. The predicted octanol–water partition coefficient (Wildman–Crippen LogP) is 4.80. The number of rotatable bonds is 5. The normalized spacial score (nSPS) is 12.2. The molecule has 0 aliphatic carbocycles. The lowest BCUT2D eigenvalue weighted by Gasteiger charge is -2.13. The van der Waals surface area contributed by atoms with Crippen molar-refractivity contribution in [2.75, 3.05) is 0 Å². The van der Waals surface area contributed by atoms with Gasteiger partial charge in [-0.05, 0) is 58.6 Å². The fourth-order valence-electron chi connectivity index (χ4n) is 1.91. The van der Waals surface area contributed by atoms with E-state index < -0.39 is 17.4 Å². The Labute approximate surface area is 131 Å². The highest BCUT2D eigenvalue weighted by Gasteiger charge is 2.15. The minimum absolute atomic E-state index is 0.112.